The lowest BCUT2D eigenvalue weighted by molar-refractivity contribution is 0.0437. The van der Waals surface area contributed by atoms with Crippen molar-refractivity contribution in [3.8, 4) is 0 Å². The molecule has 0 spiro atoms. The summed E-state index contributed by atoms with van der Waals surface area (Å²) in [4.78, 5) is 19.0. The molecule has 2 heterocycles. The van der Waals surface area contributed by atoms with Gasteiger partial charge in [-0.1, -0.05) is 30.3 Å². The van der Waals surface area contributed by atoms with Gasteiger partial charge in [0.25, 0.3) is 5.91 Å². The SMILES string of the molecule is O=C(c1ccc2scnc2c1)N1CCC(C(O)CCc2ccccc2)CC1. The quantitative estimate of drug-likeness (QED) is 0.724. The minimum absolute atomic E-state index is 0.0714. The molecule has 140 valence electrons. The molecule has 1 saturated heterocycles. The van der Waals surface area contributed by atoms with Crippen LogP contribution in [0, 0.1) is 5.92 Å². The average Bonchev–Trinajstić information content (AvgIpc) is 3.20. The first-order valence-corrected chi connectivity index (χ1v) is 10.4. The summed E-state index contributed by atoms with van der Waals surface area (Å²) < 4.78 is 1.10. The number of carbonyl (C=O) groups excluding carboxylic acids is 1. The van der Waals surface area contributed by atoms with Gasteiger partial charge in [-0.2, -0.15) is 0 Å². The van der Waals surface area contributed by atoms with Crippen molar-refractivity contribution >= 4 is 27.5 Å². The number of fused-ring (bicyclic) bond motifs is 1. The van der Waals surface area contributed by atoms with E-state index in [4.69, 9.17) is 0 Å². The number of aromatic nitrogens is 1. The summed E-state index contributed by atoms with van der Waals surface area (Å²) in [5, 5.41) is 10.6. The topological polar surface area (TPSA) is 53.4 Å². The summed E-state index contributed by atoms with van der Waals surface area (Å²) in [6.07, 6.45) is 3.10. The zero-order valence-electron chi connectivity index (χ0n) is 15.3. The van der Waals surface area contributed by atoms with Crippen LogP contribution in [0.4, 0.5) is 0 Å². The minimum atomic E-state index is -0.297. The third kappa shape index (κ3) is 4.20. The molecule has 4 rings (SSSR count). The lowest BCUT2D eigenvalue weighted by Crippen LogP contribution is -2.41. The summed E-state index contributed by atoms with van der Waals surface area (Å²) >= 11 is 1.59. The molecule has 1 fully saturated rings. The van der Waals surface area contributed by atoms with Crippen LogP contribution in [0.2, 0.25) is 0 Å². The van der Waals surface area contributed by atoms with Gasteiger partial charge in [-0.05, 0) is 55.4 Å². The molecule has 27 heavy (non-hydrogen) atoms. The summed E-state index contributed by atoms with van der Waals surface area (Å²) in [5.74, 6) is 0.348. The Morgan fingerprint density at radius 1 is 1.19 bits per heavy atom. The third-order valence-electron chi connectivity index (χ3n) is 5.52. The van der Waals surface area contributed by atoms with Crippen LogP contribution in [0.15, 0.2) is 54.0 Å². The number of piperidine rings is 1. The van der Waals surface area contributed by atoms with E-state index in [0.717, 1.165) is 35.9 Å². The van der Waals surface area contributed by atoms with Crippen molar-refractivity contribution in [3.05, 3.63) is 65.2 Å². The molecular formula is C22H24N2O2S. The van der Waals surface area contributed by atoms with Crippen LogP contribution >= 0.6 is 11.3 Å². The van der Waals surface area contributed by atoms with Gasteiger partial charge in [-0.15, -0.1) is 11.3 Å². The first-order valence-electron chi connectivity index (χ1n) is 9.55. The molecule has 0 aliphatic carbocycles. The van der Waals surface area contributed by atoms with E-state index in [0.29, 0.717) is 18.7 Å². The van der Waals surface area contributed by atoms with Crippen molar-refractivity contribution in [2.75, 3.05) is 13.1 Å². The predicted octanol–water partition coefficient (Wildman–Crippen LogP) is 4.14. The predicted molar refractivity (Wildman–Crippen MR) is 109 cm³/mol. The number of carbonyl (C=O) groups is 1. The van der Waals surface area contributed by atoms with Gasteiger partial charge in [0.1, 0.15) is 0 Å². The number of hydrogen-bond donors (Lipinski definition) is 1. The Balaban J connectivity index is 1.30. The molecule has 0 radical (unpaired) electrons. The molecule has 1 aliphatic heterocycles. The fraction of sp³-hybridized carbons (Fsp3) is 0.364. The number of aliphatic hydroxyl groups excluding tert-OH is 1. The van der Waals surface area contributed by atoms with E-state index >= 15 is 0 Å². The molecule has 2 aromatic carbocycles. The van der Waals surface area contributed by atoms with Crippen LogP contribution in [0.3, 0.4) is 0 Å². The van der Waals surface area contributed by atoms with Gasteiger partial charge < -0.3 is 10.0 Å². The smallest absolute Gasteiger partial charge is 0.253 e. The second kappa shape index (κ2) is 8.19. The van der Waals surface area contributed by atoms with Crippen molar-refractivity contribution in [2.24, 2.45) is 5.92 Å². The maximum atomic E-state index is 12.8. The van der Waals surface area contributed by atoms with Crippen LogP contribution in [0.1, 0.15) is 35.2 Å². The first kappa shape index (κ1) is 18.1. The summed E-state index contributed by atoms with van der Waals surface area (Å²) in [6, 6.07) is 16.0. The molecule has 1 atom stereocenters. The van der Waals surface area contributed by atoms with Crippen molar-refractivity contribution in [1.29, 1.82) is 0 Å². The van der Waals surface area contributed by atoms with E-state index in [1.807, 2.05) is 41.3 Å². The Labute approximate surface area is 163 Å². The Kier molecular flexibility index (Phi) is 5.50. The van der Waals surface area contributed by atoms with Gasteiger partial charge in [-0.3, -0.25) is 4.79 Å². The van der Waals surface area contributed by atoms with E-state index < -0.39 is 0 Å². The Bertz CT molecular complexity index is 901. The van der Waals surface area contributed by atoms with Crippen molar-refractivity contribution in [1.82, 2.24) is 9.88 Å². The fourth-order valence-corrected chi connectivity index (χ4v) is 4.51. The highest BCUT2D eigenvalue weighted by Crippen LogP contribution is 2.26. The fourth-order valence-electron chi connectivity index (χ4n) is 3.86. The average molecular weight is 381 g/mol. The highest BCUT2D eigenvalue weighted by Gasteiger charge is 2.27. The Morgan fingerprint density at radius 2 is 1.96 bits per heavy atom. The van der Waals surface area contributed by atoms with Crippen molar-refractivity contribution in [3.63, 3.8) is 0 Å². The van der Waals surface area contributed by atoms with Crippen LogP contribution in [0.25, 0.3) is 10.2 Å². The van der Waals surface area contributed by atoms with E-state index in [-0.39, 0.29) is 17.9 Å². The van der Waals surface area contributed by atoms with E-state index in [2.05, 4.69) is 17.1 Å². The second-order valence-corrected chi connectivity index (χ2v) is 8.14. The molecule has 1 aromatic heterocycles. The van der Waals surface area contributed by atoms with Crippen molar-refractivity contribution in [2.45, 2.75) is 31.8 Å². The van der Waals surface area contributed by atoms with Gasteiger partial charge in [0.2, 0.25) is 0 Å². The number of rotatable bonds is 5. The molecule has 4 nitrogen and oxygen atoms in total. The zero-order valence-corrected chi connectivity index (χ0v) is 16.1. The lowest BCUT2D eigenvalue weighted by atomic mass is 9.88. The van der Waals surface area contributed by atoms with Crippen LogP contribution < -0.4 is 0 Å². The standard InChI is InChI=1S/C22H24N2O2S/c25-20(8-6-16-4-2-1-3-5-16)17-10-12-24(13-11-17)22(26)18-7-9-21-19(14-18)23-15-27-21/h1-5,7,9,14-15,17,20,25H,6,8,10-13H2. The highest BCUT2D eigenvalue weighted by atomic mass is 32.1. The van der Waals surface area contributed by atoms with Gasteiger partial charge in [0.05, 0.1) is 21.8 Å². The molecule has 3 aromatic rings. The molecule has 0 bridgehead atoms. The molecule has 1 aliphatic rings. The van der Waals surface area contributed by atoms with Crippen LogP contribution in [0.5, 0.6) is 0 Å². The Morgan fingerprint density at radius 3 is 2.74 bits per heavy atom. The summed E-state index contributed by atoms with van der Waals surface area (Å²) in [6.45, 7) is 1.42. The van der Waals surface area contributed by atoms with E-state index in [9.17, 15) is 9.90 Å². The van der Waals surface area contributed by atoms with E-state index in [1.54, 1.807) is 16.8 Å². The number of thiazole rings is 1. The molecule has 1 unspecified atom stereocenters. The molecule has 1 amide bonds. The molecule has 5 heteroatoms. The first-order chi connectivity index (χ1) is 13.2. The van der Waals surface area contributed by atoms with Crippen LogP contribution in [-0.2, 0) is 6.42 Å². The second-order valence-electron chi connectivity index (χ2n) is 7.26. The number of aryl methyl sites for hydroxylation is 1. The van der Waals surface area contributed by atoms with Crippen molar-refractivity contribution < 1.29 is 9.90 Å². The van der Waals surface area contributed by atoms with Gasteiger partial charge in [-0.25, -0.2) is 4.98 Å². The number of nitrogens with zero attached hydrogens (tertiary/aromatic N) is 2. The maximum absolute atomic E-state index is 12.8. The van der Waals surface area contributed by atoms with Gasteiger partial charge in [0, 0.05) is 18.7 Å². The molecule has 0 saturated carbocycles. The number of likely N-dealkylation sites (tertiary alicyclic amines) is 1. The largest absolute Gasteiger partial charge is 0.393 e. The molecular weight excluding hydrogens is 356 g/mol. The lowest BCUT2D eigenvalue weighted by Gasteiger charge is -2.34. The number of benzene rings is 2. The third-order valence-corrected chi connectivity index (χ3v) is 6.33. The maximum Gasteiger partial charge on any atom is 0.253 e. The van der Waals surface area contributed by atoms with Gasteiger partial charge in [0.15, 0.2) is 0 Å². The molecule has 1 N–H and O–H groups in total. The minimum Gasteiger partial charge on any atom is -0.393 e. The normalized spacial score (nSPS) is 16.6. The summed E-state index contributed by atoms with van der Waals surface area (Å²) in [5.41, 5.74) is 4.66. The summed E-state index contributed by atoms with van der Waals surface area (Å²) in [7, 11) is 0. The zero-order chi connectivity index (χ0) is 18.6. The highest BCUT2D eigenvalue weighted by molar-refractivity contribution is 7.16. The van der Waals surface area contributed by atoms with E-state index in [1.165, 1.54) is 5.56 Å². The monoisotopic (exact) mass is 380 g/mol. The van der Waals surface area contributed by atoms with Gasteiger partial charge >= 0.3 is 0 Å². The number of hydrogen-bond acceptors (Lipinski definition) is 4. The Hall–Kier alpha value is -2.24. The number of aliphatic hydroxyl groups is 1. The van der Waals surface area contributed by atoms with Crippen LogP contribution in [-0.4, -0.2) is 40.1 Å². The number of amides is 1.